The first-order valence-corrected chi connectivity index (χ1v) is 9.50. The molecular weight excluding hydrogens is 388 g/mol. The highest BCUT2D eigenvalue weighted by Gasteiger charge is 2.17. The minimum Gasteiger partial charge on any atom is -0.479 e. The van der Waals surface area contributed by atoms with Crippen LogP contribution in [0.2, 0.25) is 5.02 Å². The molecule has 0 fully saturated rings. The number of benzene rings is 3. The van der Waals surface area contributed by atoms with E-state index in [-0.39, 0.29) is 11.8 Å². The van der Waals surface area contributed by atoms with E-state index in [1.54, 1.807) is 37.3 Å². The van der Waals surface area contributed by atoms with Gasteiger partial charge in [-0.25, -0.2) is 0 Å². The van der Waals surface area contributed by atoms with Crippen molar-refractivity contribution in [3.05, 3.63) is 77.8 Å². The zero-order chi connectivity index (χ0) is 20.8. The molecule has 0 saturated heterocycles. The highest BCUT2D eigenvalue weighted by Crippen LogP contribution is 2.31. The van der Waals surface area contributed by atoms with Crippen LogP contribution in [0.4, 0.5) is 11.4 Å². The molecule has 0 bridgehead atoms. The molecular formula is C23H21ClN2O3. The van der Waals surface area contributed by atoms with Crippen molar-refractivity contribution in [3.63, 3.8) is 0 Å². The fourth-order valence-corrected chi connectivity index (χ4v) is 2.96. The number of carbonyl (C=O) groups excluding carboxylic acids is 2. The molecule has 0 saturated carbocycles. The van der Waals surface area contributed by atoms with Gasteiger partial charge in [-0.3, -0.25) is 9.59 Å². The summed E-state index contributed by atoms with van der Waals surface area (Å²) in [6.45, 7) is 3.09. The van der Waals surface area contributed by atoms with E-state index in [2.05, 4.69) is 10.6 Å². The van der Waals surface area contributed by atoms with Gasteiger partial charge >= 0.3 is 0 Å². The van der Waals surface area contributed by atoms with E-state index in [1.165, 1.54) is 6.92 Å². The molecule has 29 heavy (non-hydrogen) atoms. The van der Waals surface area contributed by atoms with Crippen molar-refractivity contribution in [1.29, 1.82) is 0 Å². The Labute approximate surface area is 174 Å². The molecule has 148 valence electrons. The minimum absolute atomic E-state index is 0.154. The van der Waals surface area contributed by atoms with Crippen molar-refractivity contribution in [2.75, 3.05) is 10.6 Å². The van der Waals surface area contributed by atoms with Crippen LogP contribution in [0, 0.1) is 0 Å². The van der Waals surface area contributed by atoms with E-state index in [4.69, 9.17) is 16.3 Å². The van der Waals surface area contributed by atoms with Gasteiger partial charge in [-0.05, 0) is 54.4 Å². The summed E-state index contributed by atoms with van der Waals surface area (Å²) in [6.07, 6.45) is -0.745. The minimum atomic E-state index is -0.745. The third-order valence-corrected chi connectivity index (χ3v) is 4.48. The average molecular weight is 409 g/mol. The first kappa shape index (κ1) is 20.4. The molecule has 0 aromatic heterocycles. The lowest BCUT2D eigenvalue weighted by atomic mass is 10.1. The lowest BCUT2D eigenvalue weighted by Gasteiger charge is -2.16. The van der Waals surface area contributed by atoms with Gasteiger partial charge in [0.25, 0.3) is 5.91 Å². The summed E-state index contributed by atoms with van der Waals surface area (Å²) in [6, 6.07) is 22.2. The fraction of sp³-hybridized carbons (Fsp3) is 0.130. The summed E-state index contributed by atoms with van der Waals surface area (Å²) in [5, 5.41) is 5.89. The lowest BCUT2D eigenvalue weighted by molar-refractivity contribution is -0.122. The Morgan fingerprint density at radius 2 is 1.48 bits per heavy atom. The predicted molar refractivity (Wildman–Crippen MR) is 116 cm³/mol. The van der Waals surface area contributed by atoms with Crippen LogP contribution >= 0.6 is 11.6 Å². The Kier molecular flexibility index (Phi) is 6.52. The highest BCUT2D eigenvalue weighted by molar-refractivity contribution is 6.32. The number of amides is 2. The summed E-state index contributed by atoms with van der Waals surface area (Å²) in [5.41, 5.74) is 3.28. The van der Waals surface area contributed by atoms with Crippen molar-refractivity contribution < 1.29 is 14.3 Å². The Bertz CT molecular complexity index is 1000. The summed E-state index contributed by atoms with van der Waals surface area (Å²) < 4.78 is 5.75. The van der Waals surface area contributed by atoms with Gasteiger partial charge in [0, 0.05) is 18.3 Å². The van der Waals surface area contributed by atoms with Gasteiger partial charge in [0.05, 0.1) is 5.02 Å². The van der Waals surface area contributed by atoms with Gasteiger partial charge in [0.15, 0.2) is 6.10 Å². The molecule has 1 atom stereocenters. The van der Waals surface area contributed by atoms with Crippen molar-refractivity contribution in [2.24, 2.45) is 0 Å². The zero-order valence-corrected chi connectivity index (χ0v) is 16.9. The second kappa shape index (κ2) is 9.26. The normalized spacial score (nSPS) is 11.4. The molecule has 3 aromatic carbocycles. The number of hydrogen-bond acceptors (Lipinski definition) is 3. The van der Waals surface area contributed by atoms with E-state index in [0.717, 1.165) is 11.1 Å². The van der Waals surface area contributed by atoms with Crippen LogP contribution in [-0.4, -0.2) is 17.9 Å². The van der Waals surface area contributed by atoms with Gasteiger partial charge in [0.1, 0.15) is 5.75 Å². The van der Waals surface area contributed by atoms with Crippen molar-refractivity contribution in [1.82, 2.24) is 0 Å². The maximum Gasteiger partial charge on any atom is 0.265 e. The van der Waals surface area contributed by atoms with Crippen molar-refractivity contribution in [2.45, 2.75) is 20.0 Å². The fourth-order valence-electron chi connectivity index (χ4n) is 2.73. The monoisotopic (exact) mass is 408 g/mol. The highest BCUT2D eigenvalue weighted by atomic mass is 35.5. The molecule has 0 unspecified atom stereocenters. The first-order chi connectivity index (χ1) is 13.9. The molecule has 0 aliphatic heterocycles. The summed E-state index contributed by atoms with van der Waals surface area (Å²) in [7, 11) is 0. The average Bonchev–Trinajstić information content (AvgIpc) is 2.71. The Balaban J connectivity index is 1.62. The van der Waals surface area contributed by atoms with Crippen LogP contribution in [-0.2, 0) is 9.59 Å². The third-order valence-electron chi connectivity index (χ3n) is 4.18. The Hall–Kier alpha value is -3.31. The van der Waals surface area contributed by atoms with E-state index in [9.17, 15) is 9.59 Å². The molecule has 0 heterocycles. The standard InChI is InChI=1S/C23H21ClN2O3/c1-15(23(28)26-20-11-9-19(10-12-20)25-16(2)27)29-22-13-8-18(14-21(22)24)17-6-4-3-5-7-17/h3-15H,1-2H3,(H,25,27)(H,26,28)/t15-/m1/s1. The number of hydrogen-bond donors (Lipinski definition) is 2. The van der Waals surface area contributed by atoms with E-state index in [1.807, 2.05) is 42.5 Å². The smallest absolute Gasteiger partial charge is 0.265 e. The van der Waals surface area contributed by atoms with Gasteiger partial charge in [-0.15, -0.1) is 0 Å². The van der Waals surface area contributed by atoms with Crippen LogP contribution < -0.4 is 15.4 Å². The van der Waals surface area contributed by atoms with Crippen LogP contribution in [0.5, 0.6) is 5.75 Å². The molecule has 3 aromatic rings. The third kappa shape index (κ3) is 5.59. The molecule has 0 aliphatic carbocycles. The number of nitrogens with one attached hydrogen (secondary N) is 2. The van der Waals surface area contributed by atoms with Gasteiger partial charge < -0.3 is 15.4 Å². The summed E-state index contributed by atoms with van der Waals surface area (Å²) in [4.78, 5) is 23.5. The van der Waals surface area contributed by atoms with E-state index >= 15 is 0 Å². The van der Waals surface area contributed by atoms with Gasteiger partial charge in [-0.2, -0.15) is 0 Å². The van der Waals surface area contributed by atoms with Gasteiger partial charge in [-0.1, -0.05) is 48.0 Å². The molecule has 3 rings (SSSR count). The first-order valence-electron chi connectivity index (χ1n) is 9.12. The number of halogens is 1. The second-order valence-electron chi connectivity index (χ2n) is 6.52. The lowest BCUT2D eigenvalue weighted by Crippen LogP contribution is -2.30. The molecule has 6 heteroatoms. The van der Waals surface area contributed by atoms with E-state index in [0.29, 0.717) is 22.1 Å². The van der Waals surface area contributed by atoms with Crippen molar-refractivity contribution in [3.8, 4) is 16.9 Å². The summed E-state index contributed by atoms with van der Waals surface area (Å²) in [5.74, 6) is -0.0190. The number of rotatable bonds is 6. The SMILES string of the molecule is CC(=O)Nc1ccc(NC(=O)[C@@H](C)Oc2ccc(-c3ccccc3)cc2Cl)cc1. The molecule has 0 aliphatic rings. The van der Waals surface area contributed by atoms with Gasteiger partial charge in [0.2, 0.25) is 5.91 Å². The molecule has 2 amide bonds. The van der Waals surface area contributed by atoms with Crippen LogP contribution in [0.25, 0.3) is 11.1 Å². The number of carbonyl (C=O) groups is 2. The second-order valence-corrected chi connectivity index (χ2v) is 6.93. The van der Waals surface area contributed by atoms with E-state index < -0.39 is 6.10 Å². The largest absolute Gasteiger partial charge is 0.479 e. The Morgan fingerprint density at radius 1 is 0.862 bits per heavy atom. The number of anilines is 2. The molecule has 5 nitrogen and oxygen atoms in total. The molecule has 0 spiro atoms. The maximum absolute atomic E-state index is 12.4. The van der Waals surface area contributed by atoms with Crippen LogP contribution in [0.15, 0.2) is 72.8 Å². The summed E-state index contributed by atoms with van der Waals surface area (Å²) >= 11 is 6.36. The predicted octanol–water partition coefficient (Wildman–Crippen LogP) is 5.37. The number of ether oxygens (including phenoxy) is 1. The van der Waals surface area contributed by atoms with Crippen molar-refractivity contribution >= 4 is 34.8 Å². The maximum atomic E-state index is 12.4. The van der Waals surface area contributed by atoms with Crippen LogP contribution in [0.1, 0.15) is 13.8 Å². The zero-order valence-electron chi connectivity index (χ0n) is 16.1. The van der Waals surface area contributed by atoms with Crippen LogP contribution in [0.3, 0.4) is 0 Å². The molecule has 0 radical (unpaired) electrons. The molecule has 2 N–H and O–H groups in total. The Morgan fingerprint density at radius 3 is 2.07 bits per heavy atom. The topological polar surface area (TPSA) is 67.4 Å². The quantitative estimate of drug-likeness (QED) is 0.576.